The zero-order chi connectivity index (χ0) is 18.4. The van der Waals surface area contributed by atoms with Crippen LogP contribution in [0, 0.1) is 0 Å². The van der Waals surface area contributed by atoms with E-state index in [1.807, 2.05) is 12.1 Å². The molecule has 0 saturated heterocycles. The van der Waals surface area contributed by atoms with E-state index in [1.54, 1.807) is 19.1 Å². The zero-order valence-corrected chi connectivity index (χ0v) is 16.0. The molecule has 1 aromatic rings. The smallest absolute Gasteiger partial charge is 0.265 e. The fourth-order valence-electron chi connectivity index (χ4n) is 3.39. The van der Waals surface area contributed by atoms with Crippen LogP contribution in [0.1, 0.15) is 55.8 Å². The van der Waals surface area contributed by atoms with Gasteiger partial charge in [-0.3, -0.25) is 9.59 Å². The third-order valence-corrected chi connectivity index (χ3v) is 5.92. The number of ether oxygens (including phenoxy) is 1. The molecule has 1 aliphatic carbocycles. The van der Waals surface area contributed by atoms with Crippen molar-refractivity contribution >= 4 is 29.3 Å². The third kappa shape index (κ3) is 4.81. The molecule has 6 heteroatoms. The van der Waals surface area contributed by atoms with Gasteiger partial charge in [0.15, 0.2) is 0 Å². The van der Waals surface area contributed by atoms with Crippen LogP contribution in [-0.2, 0) is 9.53 Å². The summed E-state index contributed by atoms with van der Waals surface area (Å²) in [4.78, 5) is 25.9. The summed E-state index contributed by atoms with van der Waals surface area (Å²) in [5, 5.41) is 6.03. The molecule has 0 unspecified atom stereocenters. The molecule has 1 aromatic carbocycles. The van der Waals surface area contributed by atoms with Gasteiger partial charge in [0.25, 0.3) is 11.8 Å². The van der Waals surface area contributed by atoms with Crippen molar-refractivity contribution in [1.82, 2.24) is 5.32 Å². The summed E-state index contributed by atoms with van der Waals surface area (Å²) in [6, 6.07) is 7.39. The summed E-state index contributed by atoms with van der Waals surface area (Å²) in [5.74, 6) is 1.05. The molecular formula is C20H26N2O3S. The lowest BCUT2D eigenvalue weighted by molar-refractivity contribution is -0.112. The molecule has 1 fully saturated rings. The standard InChI is InChI=1S/C20H26N2O3S/c1-14-18(26-13-12-25-14)20(24)22-17-11-7-6-10-16(17)19(23)21-15-8-4-2-3-5-9-15/h6-7,10-11,15H,2-5,8-9,12-13H2,1H3,(H,21,23)(H,22,24). The van der Waals surface area contributed by atoms with Gasteiger partial charge in [0.1, 0.15) is 10.7 Å². The number of benzene rings is 1. The van der Waals surface area contributed by atoms with Crippen molar-refractivity contribution in [3.63, 3.8) is 0 Å². The normalized spacial score (nSPS) is 18.7. The Labute approximate surface area is 158 Å². The van der Waals surface area contributed by atoms with Crippen molar-refractivity contribution in [2.45, 2.75) is 51.5 Å². The Morgan fingerprint density at radius 1 is 1.08 bits per heavy atom. The Hall–Kier alpha value is -1.95. The summed E-state index contributed by atoms with van der Waals surface area (Å²) in [6.07, 6.45) is 6.86. The first-order chi connectivity index (χ1) is 12.6. The number of anilines is 1. The van der Waals surface area contributed by atoms with Crippen LogP contribution in [0.4, 0.5) is 5.69 Å². The lowest BCUT2D eigenvalue weighted by Gasteiger charge is -2.20. The maximum Gasteiger partial charge on any atom is 0.265 e. The predicted molar refractivity (Wildman–Crippen MR) is 105 cm³/mol. The molecule has 140 valence electrons. The number of para-hydroxylation sites is 1. The van der Waals surface area contributed by atoms with E-state index in [1.165, 1.54) is 24.6 Å². The van der Waals surface area contributed by atoms with Gasteiger partial charge in [-0.1, -0.05) is 37.8 Å². The van der Waals surface area contributed by atoms with E-state index in [0.29, 0.717) is 28.5 Å². The van der Waals surface area contributed by atoms with Crippen molar-refractivity contribution in [3.8, 4) is 0 Å². The second kappa shape index (κ2) is 9.12. The van der Waals surface area contributed by atoms with E-state index < -0.39 is 0 Å². The Morgan fingerprint density at radius 2 is 1.81 bits per heavy atom. The highest BCUT2D eigenvalue weighted by molar-refractivity contribution is 8.04. The molecule has 5 nitrogen and oxygen atoms in total. The first-order valence-corrected chi connectivity index (χ1v) is 10.3. The number of hydrogen-bond donors (Lipinski definition) is 2. The van der Waals surface area contributed by atoms with Crippen LogP contribution in [0.3, 0.4) is 0 Å². The van der Waals surface area contributed by atoms with E-state index in [0.717, 1.165) is 31.4 Å². The molecule has 26 heavy (non-hydrogen) atoms. The highest BCUT2D eigenvalue weighted by Crippen LogP contribution is 2.27. The van der Waals surface area contributed by atoms with Gasteiger partial charge in [-0.25, -0.2) is 0 Å². The molecule has 0 atom stereocenters. The summed E-state index contributed by atoms with van der Waals surface area (Å²) in [6.45, 7) is 2.42. The van der Waals surface area contributed by atoms with Crippen LogP contribution >= 0.6 is 11.8 Å². The number of allylic oxidation sites excluding steroid dienone is 1. The minimum Gasteiger partial charge on any atom is -0.496 e. The van der Waals surface area contributed by atoms with Crippen LogP contribution in [-0.4, -0.2) is 30.2 Å². The second-order valence-corrected chi connectivity index (χ2v) is 7.85. The van der Waals surface area contributed by atoms with Gasteiger partial charge in [-0.2, -0.15) is 0 Å². The van der Waals surface area contributed by atoms with E-state index in [4.69, 9.17) is 4.74 Å². The highest BCUT2D eigenvalue weighted by atomic mass is 32.2. The van der Waals surface area contributed by atoms with Crippen LogP contribution in [0.15, 0.2) is 34.9 Å². The van der Waals surface area contributed by atoms with Gasteiger partial charge in [0.05, 0.1) is 17.9 Å². The minimum atomic E-state index is -0.220. The quantitative estimate of drug-likeness (QED) is 0.780. The summed E-state index contributed by atoms with van der Waals surface area (Å²) >= 11 is 1.49. The fourth-order valence-corrected chi connectivity index (χ4v) is 4.20. The molecule has 3 rings (SSSR count). The summed E-state index contributed by atoms with van der Waals surface area (Å²) in [7, 11) is 0. The molecule has 1 saturated carbocycles. The number of amides is 2. The summed E-state index contributed by atoms with van der Waals surface area (Å²) < 4.78 is 5.46. The van der Waals surface area contributed by atoms with Gasteiger partial charge < -0.3 is 15.4 Å². The molecular weight excluding hydrogens is 348 g/mol. The Kier molecular flexibility index (Phi) is 6.61. The number of carbonyl (C=O) groups is 2. The Bertz CT molecular complexity index is 694. The van der Waals surface area contributed by atoms with Crippen molar-refractivity contribution in [2.24, 2.45) is 0 Å². The van der Waals surface area contributed by atoms with E-state index in [9.17, 15) is 9.59 Å². The highest BCUT2D eigenvalue weighted by Gasteiger charge is 2.22. The number of nitrogens with one attached hydrogen (secondary N) is 2. The largest absolute Gasteiger partial charge is 0.496 e. The Morgan fingerprint density at radius 3 is 2.54 bits per heavy atom. The van der Waals surface area contributed by atoms with Gasteiger partial charge in [0, 0.05) is 11.8 Å². The van der Waals surface area contributed by atoms with Crippen molar-refractivity contribution < 1.29 is 14.3 Å². The van der Waals surface area contributed by atoms with Crippen LogP contribution in [0.25, 0.3) is 0 Å². The molecule has 2 N–H and O–H groups in total. The van der Waals surface area contributed by atoms with Crippen LogP contribution < -0.4 is 10.6 Å². The van der Waals surface area contributed by atoms with Crippen LogP contribution in [0.2, 0.25) is 0 Å². The van der Waals surface area contributed by atoms with Gasteiger partial charge in [-0.15, -0.1) is 11.8 Å². The summed E-state index contributed by atoms with van der Waals surface area (Å²) in [5.41, 5.74) is 1.04. The molecule has 0 bridgehead atoms. The molecule has 0 aromatic heterocycles. The molecule has 1 heterocycles. The van der Waals surface area contributed by atoms with Gasteiger partial charge in [0.2, 0.25) is 0 Å². The van der Waals surface area contributed by atoms with Crippen molar-refractivity contribution in [1.29, 1.82) is 0 Å². The first-order valence-electron chi connectivity index (χ1n) is 9.33. The maximum absolute atomic E-state index is 12.8. The van der Waals surface area contributed by atoms with Gasteiger partial charge >= 0.3 is 0 Å². The number of thioether (sulfide) groups is 1. The van der Waals surface area contributed by atoms with Crippen molar-refractivity contribution in [3.05, 3.63) is 40.5 Å². The Balaban J connectivity index is 1.71. The predicted octanol–water partition coefficient (Wildman–Crippen LogP) is 4.07. The monoisotopic (exact) mass is 374 g/mol. The minimum absolute atomic E-state index is 0.119. The lowest BCUT2D eigenvalue weighted by atomic mass is 10.1. The topological polar surface area (TPSA) is 67.4 Å². The number of hydrogen-bond acceptors (Lipinski definition) is 4. The number of carbonyl (C=O) groups excluding carboxylic acids is 2. The number of rotatable bonds is 4. The maximum atomic E-state index is 12.8. The zero-order valence-electron chi connectivity index (χ0n) is 15.2. The third-order valence-electron chi connectivity index (χ3n) is 4.78. The van der Waals surface area contributed by atoms with E-state index in [-0.39, 0.29) is 17.9 Å². The van der Waals surface area contributed by atoms with Crippen LogP contribution in [0.5, 0.6) is 0 Å². The molecule has 2 aliphatic rings. The first kappa shape index (κ1) is 18.8. The second-order valence-electron chi connectivity index (χ2n) is 6.74. The van der Waals surface area contributed by atoms with Crippen molar-refractivity contribution in [2.75, 3.05) is 17.7 Å². The molecule has 1 aliphatic heterocycles. The van der Waals surface area contributed by atoms with Gasteiger partial charge in [-0.05, 0) is 31.9 Å². The SMILES string of the molecule is CC1=C(C(=O)Nc2ccccc2C(=O)NC2CCCCCC2)SCCO1. The molecule has 0 radical (unpaired) electrons. The van der Waals surface area contributed by atoms with E-state index in [2.05, 4.69) is 10.6 Å². The average molecular weight is 375 g/mol. The molecule has 0 spiro atoms. The molecule has 2 amide bonds. The average Bonchev–Trinajstić information content (AvgIpc) is 2.91. The van der Waals surface area contributed by atoms with E-state index >= 15 is 0 Å². The fraction of sp³-hybridized carbons (Fsp3) is 0.500. The lowest BCUT2D eigenvalue weighted by Crippen LogP contribution is -2.35.